The Kier molecular flexibility index (Phi) is 4.51. The van der Waals surface area contributed by atoms with Gasteiger partial charge in [-0.15, -0.1) is 12.4 Å². The Labute approximate surface area is 95.2 Å². The fourth-order valence-electron chi connectivity index (χ4n) is 1.70. The minimum Gasteiger partial charge on any atom is -0.378 e. The summed E-state index contributed by atoms with van der Waals surface area (Å²) in [5, 5.41) is 3.24. The Morgan fingerprint density at radius 3 is 2.93 bits per heavy atom. The molecule has 0 unspecified atom stereocenters. The van der Waals surface area contributed by atoms with Crippen LogP contribution in [0.25, 0.3) is 0 Å². The maximum Gasteiger partial charge on any atom is 0.128 e. The topological polar surface area (TPSA) is 21.3 Å². The zero-order chi connectivity index (χ0) is 9.97. The Morgan fingerprint density at radius 1 is 1.47 bits per heavy atom. The quantitative estimate of drug-likeness (QED) is 0.800. The highest BCUT2D eigenvalue weighted by atomic mass is 35.5. The summed E-state index contributed by atoms with van der Waals surface area (Å²) < 4.78 is 18.8. The van der Waals surface area contributed by atoms with Crippen LogP contribution < -0.4 is 5.32 Å². The first kappa shape index (κ1) is 12.4. The van der Waals surface area contributed by atoms with Crippen LogP contribution in [-0.4, -0.2) is 19.8 Å². The molecule has 0 amide bonds. The largest absolute Gasteiger partial charge is 0.378 e. The van der Waals surface area contributed by atoms with Gasteiger partial charge in [0.2, 0.25) is 0 Å². The Morgan fingerprint density at radius 2 is 2.27 bits per heavy atom. The van der Waals surface area contributed by atoms with E-state index >= 15 is 0 Å². The van der Waals surface area contributed by atoms with Crippen molar-refractivity contribution in [2.45, 2.75) is 13.0 Å². The molecule has 1 atom stereocenters. The fraction of sp³-hybridized carbons (Fsp3) is 0.455. The van der Waals surface area contributed by atoms with E-state index in [0.717, 1.165) is 12.1 Å². The molecule has 2 nitrogen and oxygen atoms in total. The number of nitrogens with one attached hydrogen (secondary N) is 1. The highest BCUT2D eigenvalue weighted by molar-refractivity contribution is 5.85. The van der Waals surface area contributed by atoms with Gasteiger partial charge in [0.15, 0.2) is 0 Å². The van der Waals surface area contributed by atoms with E-state index in [-0.39, 0.29) is 24.3 Å². The van der Waals surface area contributed by atoms with Crippen molar-refractivity contribution in [1.82, 2.24) is 5.32 Å². The van der Waals surface area contributed by atoms with Crippen LogP contribution in [0, 0.1) is 12.7 Å². The predicted octanol–water partition coefficient (Wildman–Crippen LogP) is 2.22. The van der Waals surface area contributed by atoms with Gasteiger partial charge in [-0.3, -0.25) is 0 Å². The first-order chi connectivity index (χ1) is 6.77. The number of ether oxygens (including phenoxy) is 1. The van der Waals surface area contributed by atoms with E-state index in [9.17, 15) is 4.39 Å². The standard InChI is InChI=1S/C11H14FNO.ClH/c1-8-2-3-10(12)9(6-8)11-7-14-5-4-13-11;/h2-3,6,11,13H,4-5,7H2,1H3;1H/t11-;/m0./s1. The SMILES string of the molecule is Cc1ccc(F)c([C@@H]2COCCN2)c1.Cl. The van der Waals surface area contributed by atoms with Crippen LogP contribution in [0.5, 0.6) is 0 Å². The zero-order valence-electron chi connectivity index (χ0n) is 8.63. The van der Waals surface area contributed by atoms with Gasteiger partial charge in [0.1, 0.15) is 5.82 Å². The van der Waals surface area contributed by atoms with Crippen LogP contribution in [0.1, 0.15) is 17.2 Å². The third-order valence-corrected chi connectivity index (χ3v) is 2.45. The summed E-state index contributed by atoms with van der Waals surface area (Å²) >= 11 is 0. The smallest absolute Gasteiger partial charge is 0.128 e. The molecule has 4 heteroatoms. The number of hydrogen-bond acceptors (Lipinski definition) is 2. The lowest BCUT2D eigenvalue weighted by molar-refractivity contribution is 0.0757. The van der Waals surface area contributed by atoms with Gasteiger partial charge in [-0.25, -0.2) is 4.39 Å². The normalized spacial score (nSPS) is 20.8. The molecular weight excluding hydrogens is 217 g/mol. The summed E-state index contributed by atoms with van der Waals surface area (Å²) in [7, 11) is 0. The lowest BCUT2D eigenvalue weighted by atomic mass is 10.0. The number of halogens is 2. The van der Waals surface area contributed by atoms with E-state index in [2.05, 4.69) is 5.32 Å². The summed E-state index contributed by atoms with van der Waals surface area (Å²) in [4.78, 5) is 0. The summed E-state index contributed by atoms with van der Waals surface area (Å²) in [6, 6.07) is 5.18. The van der Waals surface area contributed by atoms with E-state index < -0.39 is 0 Å². The van der Waals surface area contributed by atoms with E-state index in [1.54, 1.807) is 6.07 Å². The molecule has 0 aromatic heterocycles. The molecule has 0 radical (unpaired) electrons. The van der Waals surface area contributed by atoms with Crippen LogP contribution in [0.3, 0.4) is 0 Å². The van der Waals surface area contributed by atoms with Crippen molar-refractivity contribution >= 4 is 12.4 Å². The minimum atomic E-state index is -0.154. The highest BCUT2D eigenvalue weighted by Gasteiger charge is 2.18. The molecule has 1 aliphatic heterocycles. The van der Waals surface area contributed by atoms with E-state index in [4.69, 9.17) is 4.74 Å². The molecular formula is C11H15ClFNO. The van der Waals surface area contributed by atoms with Gasteiger partial charge >= 0.3 is 0 Å². The molecule has 0 bridgehead atoms. The minimum absolute atomic E-state index is 0. The third kappa shape index (κ3) is 2.91. The van der Waals surface area contributed by atoms with Crippen LogP contribution in [0.15, 0.2) is 18.2 Å². The van der Waals surface area contributed by atoms with Gasteiger partial charge in [0.25, 0.3) is 0 Å². The Hall–Kier alpha value is -0.640. The fourth-order valence-corrected chi connectivity index (χ4v) is 1.70. The van der Waals surface area contributed by atoms with Crippen LogP contribution >= 0.6 is 12.4 Å². The van der Waals surface area contributed by atoms with Gasteiger partial charge < -0.3 is 10.1 Å². The summed E-state index contributed by atoms with van der Waals surface area (Å²) in [6.45, 7) is 4.02. The molecule has 1 heterocycles. The number of morpholine rings is 1. The second-order valence-corrected chi connectivity index (χ2v) is 3.61. The highest BCUT2D eigenvalue weighted by Crippen LogP contribution is 2.20. The average molecular weight is 232 g/mol. The van der Waals surface area contributed by atoms with Gasteiger partial charge in [-0.1, -0.05) is 17.7 Å². The van der Waals surface area contributed by atoms with Gasteiger partial charge in [0.05, 0.1) is 19.3 Å². The lowest BCUT2D eigenvalue weighted by Crippen LogP contribution is -2.35. The molecule has 0 aliphatic carbocycles. The molecule has 1 aromatic rings. The van der Waals surface area contributed by atoms with E-state index in [1.165, 1.54) is 6.07 Å². The summed E-state index contributed by atoms with van der Waals surface area (Å²) in [6.07, 6.45) is 0. The van der Waals surface area contributed by atoms with E-state index in [1.807, 2.05) is 13.0 Å². The predicted molar refractivity (Wildman–Crippen MR) is 59.9 cm³/mol. The maximum absolute atomic E-state index is 13.5. The molecule has 15 heavy (non-hydrogen) atoms. The molecule has 2 rings (SSSR count). The first-order valence-corrected chi connectivity index (χ1v) is 4.84. The molecule has 1 aliphatic rings. The molecule has 0 spiro atoms. The van der Waals surface area contributed by atoms with Crippen molar-refractivity contribution in [2.75, 3.05) is 19.8 Å². The second-order valence-electron chi connectivity index (χ2n) is 3.61. The molecule has 1 fully saturated rings. The monoisotopic (exact) mass is 231 g/mol. The zero-order valence-corrected chi connectivity index (χ0v) is 9.44. The maximum atomic E-state index is 13.5. The first-order valence-electron chi connectivity index (χ1n) is 4.84. The van der Waals surface area contributed by atoms with Crippen LogP contribution in [0.4, 0.5) is 4.39 Å². The number of benzene rings is 1. The summed E-state index contributed by atoms with van der Waals surface area (Å²) in [5.41, 5.74) is 1.79. The molecule has 1 N–H and O–H groups in total. The van der Waals surface area contributed by atoms with Crippen LogP contribution in [-0.2, 0) is 4.74 Å². The van der Waals surface area contributed by atoms with Crippen molar-refractivity contribution in [3.05, 3.63) is 35.1 Å². The lowest BCUT2D eigenvalue weighted by Gasteiger charge is -2.24. The van der Waals surface area contributed by atoms with Crippen molar-refractivity contribution in [3.8, 4) is 0 Å². The number of hydrogen-bond donors (Lipinski definition) is 1. The number of aryl methyl sites for hydroxylation is 1. The Bertz CT molecular complexity index is 326. The van der Waals surface area contributed by atoms with Crippen molar-refractivity contribution in [3.63, 3.8) is 0 Å². The van der Waals surface area contributed by atoms with Gasteiger partial charge in [-0.2, -0.15) is 0 Å². The van der Waals surface area contributed by atoms with Crippen molar-refractivity contribution in [1.29, 1.82) is 0 Å². The van der Waals surface area contributed by atoms with E-state index in [0.29, 0.717) is 18.8 Å². The molecule has 0 saturated carbocycles. The second kappa shape index (κ2) is 5.45. The van der Waals surface area contributed by atoms with Crippen LogP contribution in [0.2, 0.25) is 0 Å². The van der Waals surface area contributed by atoms with Gasteiger partial charge in [0, 0.05) is 12.1 Å². The number of rotatable bonds is 1. The average Bonchev–Trinajstić information content (AvgIpc) is 2.23. The van der Waals surface area contributed by atoms with Crippen molar-refractivity contribution < 1.29 is 9.13 Å². The molecule has 1 aromatic carbocycles. The molecule has 84 valence electrons. The van der Waals surface area contributed by atoms with Crippen molar-refractivity contribution in [2.24, 2.45) is 0 Å². The van der Waals surface area contributed by atoms with Gasteiger partial charge in [-0.05, 0) is 13.0 Å². The summed E-state index contributed by atoms with van der Waals surface area (Å²) in [5.74, 6) is -0.154. The third-order valence-electron chi connectivity index (χ3n) is 2.45. The molecule has 1 saturated heterocycles. The Balaban J connectivity index is 0.00000112.